The number of hydrogen-bond donors (Lipinski definition) is 2. The first-order chi connectivity index (χ1) is 10.5. The number of benzene rings is 1. The van der Waals surface area contributed by atoms with E-state index in [2.05, 4.69) is 0 Å². The van der Waals surface area contributed by atoms with Gasteiger partial charge < -0.3 is 19.7 Å². The lowest BCUT2D eigenvalue weighted by atomic mass is 9.60. The van der Waals surface area contributed by atoms with Gasteiger partial charge >= 0.3 is 0 Å². The molecule has 1 saturated heterocycles. The van der Waals surface area contributed by atoms with Crippen LogP contribution in [-0.4, -0.2) is 35.3 Å². The van der Waals surface area contributed by atoms with Crippen LogP contribution >= 0.6 is 0 Å². The summed E-state index contributed by atoms with van der Waals surface area (Å²) in [4.78, 5) is 11.7. The fourth-order valence-corrected chi connectivity index (χ4v) is 3.83. The summed E-state index contributed by atoms with van der Waals surface area (Å²) in [6.45, 7) is 0.147. The first kappa shape index (κ1) is 13.4. The molecular formula is C17H16O5. The van der Waals surface area contributed by atoms with Crippen molar-refractivity contribution in [1.29, 1.82) is 0 Å². The molecule has 1 unspecified atom stereocenters. The summed E-state index contributed by atoms with van der Waals surface area (Å²) in [5.41, 5.74) is 0.0766. The van der Waals surface area contributed by atoms with Crippen molar-refractivity contribution in [1.82, 2.24) is 0 Å². The molecule has 2 N–H and O–H groups in total. The zero-order valence-corrected chi connectivity index (χ0v) is 12.1. The van der Waals surface area contributed by atoms with Crippen LogP contribution in [0.5, 0.6) is 11.5 Å². The number of ketones is 1. The van der Waals surface area contributed by atoms with Crippen molar-refractivity contribution >= 4 is 5.78 Å². The number of aliphatic hydroxyl groups is 1. The average Bonchev–Trinajstić information content (AvgIpc) is 2.47. The second kappa shape index (κ2) is 4.14. The van der Waals surface area contributed by atoms with Gasteiger partial charge in [0.15, 0.2) is 17.3 Å². The van der Waals surface area contributed by atoms with Crippen LogP contribution in [0.2, 0.25) is 0 Å². The maximum atomic E-state index is 11.7. The number of carbonyl (C=O) groups is 1. The number of phenols is 1. The van der Waals surface area contributed by atoms with Gasteiger partial charge in [-0.05, 0) is 29.3 Å². The van der Waals surface area contributed by atoms with Crippen molar-refractivity contribution in [2.24, 2.45) is 0 Å². The fraction of sp³-hybridized carbons (Fsp3) is 0.353. The summed E-state index contributed by atoms with van der Waals surface area (Å²) >= 11 is 0. The minimum absolute atomic E-state index is 0.0449. The van der Waals surface area contributed by atoms with Crippen molar-refractivity contribution in [3.8, 4) is 11.5 Å². The summed E-state index contributed by atoms with van der Waals surface area (Å²) in [6.07, 6.45) is 5.64. The van der Waals surface area contributed by atoms with Gasteiger partial charge in [-0.3, -0.25) is 4.79 Å². The lowest BCUT2D eigenvalue weighted by Gasteiger charge is -2.50. The number of ether oxygens (including phenoxy) is 2. The third-order valence-electron chi connectivity index (χ3n) is 4.75. The molecule has 0 saturated carbocycles. The third-order valence-corrected chi connectivity index (χ3v) is 4.75. The van der Waals surface area contributed by atoms with Crippen LogP contribution in [-0.2, 0) is 21.4 Å². The van der Waals surface area contributed by atoms with Gasteiger partial charge in [-0.25, -0.2) is 0 Å². The van der Waals surface area contributed by atoms with Gasteiger partial charge in [-0.15, -0.1) is 0 Å². The van der Waals surface area contributed by atoms with Gasteiger partial charge in [0.1, 0.15) is 18.0 Å². The van der Waals surface area contributed by atoms with Crippen LogP contribution in [0, 0.1) is 0 Å². The maximum absolute atomic E-state index is 11.7. The Morgan fingerprint density at radius 1 is 1.36 bits per heavy atom. The summed E-state index contributed by atoms with van der Waals surface area (Å²) in [5.74, 6) is 0.847. The van der Waals surface area contributed by atoms with E-state index in [0.717, 1.165) is 11.1 Å². The van der Waals surface area contributed by atoms with E-state index in [0.29, 0.717) is 24.4 Å². The number of phenolic OH excluding ortho intramolecular Hbond substituents is 1. The van der Waals surface area contributed by atoms with Crippen molar-refractivity contribution in [2.75, 3.05) is 13.7 Å². The van der Waals surface area contributed by atoms with E-state index in [-0.39, 0.29) is 18.1 Å². The Bertz CT molecular complexity index is 748. The second-order valence-corrected chi connectivity index (χ2v) is 6.26. The molecule has 1 aromatic carbocycles. The van der Waals surface area contributed by atoms with E-state index in [4.69, 9.17) is 9.47 Å². The van der Waals surface area contributed by atoms with Crippen molar-refractivity contribution in [3.63, 3.8) is 0 Å². The Kier molecular flexibility index (Phi) is 2.52. The molecule has 0 aromatic heterocycles. The molecule has 2 aliphatic carbocycles. The SMILES string of the molecule is COc1cc2c(cc1O)C[C@]1(O)COC3=CC(=O)C=CC32C1. The number of methoxy groups -OCH3 is 1. The van der Waals surface area contributed by atoms with Crippen molar-refractivity contribution in [2.45, 2.75) is 23.9 Å². The third kappa shape index (κ3) is 1.66. The van der Waals surface area contributed by atoms with E-state index >= 15 is 0 Å². The standard InChI is InChI=1S/C17H16O5/c1-21-14-6-12-10(4-13(14)19)7-16(20)8-17(12)3-2-11(18)5-15(17)22-9-16/h2-6,19-20H,7-9H2,1H3/t16-,17?/m1/s1. The summed E-state index contributed by atoms with van der Waals surface area (Å²) in [6, 6.07) is 3.40. The number of aromatic hydroxyl groups is 1. The average molecular weight is 300 g/mol. The molecule has 0 radical (unpaired) electrons. The molecule has 22 heavy (non-hydrogen) atoms. The van der Waals surface area contributed by atoms with Crippen LogP contribution in [0.3, 0.4) is 0 Å². The van der Waals surface area contributed by atoms with Gasteiger partial charge in [0.25, 0.3) is 0 Å². The number of allylic oxidation sites excluding steroid dienone is 3. The van der Waals surface area contributed by atoms with Gasteiger partial charge in [0, 0.05) is 18.9 Å². The molecule has 3 aliphatic rings. The number of fused-ring (bicyclic) bond motifs is 2. The molecule has 114 valence electrons. The second-order valence-electron chi connectivity index (χ2n) is 6.26. The normalized spacial score (nSPS) is 31.7. The Hall–Kier alpha value is -2.27. The Labute approximate surface area is 127 Å². The highest BCUT2D eigenvalue weighted by Gasteiger charge is 2.54. The molecule has 0 amide bonds. The highest BCUT2D eigenvalue weighted by Crippen LogP contribution is 2.53. The van der Waals surface area contributed by atoms with Crippen LogP contribution in [0.4, 0.5) is 0 Å². The smallest absolute Gasteiger partial charge is 0.181 e. The minimum Gasteiger partial charge on any atom is -0.504 e. The van der Waals surface area contributed by atoms with Crippen molar-refractivity contribution < 1.29 is 24.5 Å². The van der Waals surface area contributed by atoms with Crippen molar-refractivity contribution in [3.05, 3.63) is 47.2 Å². The van der Waals surface area contributed by atoms with Crippen LogP contribution < -0.4 is 4.74 Å². The summed E-state index contributed by atoms with van der Waals surface area (Å²) in [5, 5.41) is 20.8. The summed E-state index contributed by atoms with van der Waals surface area (Å²) in [7, 11) is 1.49. The van der Waals surface area contributed by atoms with Crippen LogP contribution in [0.15, 0.2) is 36.1 Å². The largest absolute Gasteiger partial charge is 0.504 e. The monoisotopic (exact) mass is 300 g/mol. The molecule has 1 heterocycles. The van der Waals surface area contributed by atoms with E-state index in [9.17, 15) is 15.0 Å². The maximum Gasteiger partial charge on any atom is 0.181 e. The number of carbonyl (C=O) groups excluding carboxylic acids is 1. The molecule has 1 aromatic rings. The predicted octanol–water partition coefficient (Wildman–Crippen LogP) is 1.37. The van der Waals surface area contributed by atoms with E-state index in [1.54, 1.807) is 18.2 Å². The Morgan fingerprint density at radius 2 is 2.18 bits per heavy atom. The van der Waals surface area contributed by atoms with E-state index < -0.39 is 11.0 Å². The van der Waals surface area contributed by atoms with Crippen LogP contribution in [0.25, 0.3) is 0 Å². The predicted molar refractivity (Wildman–Crippen MR) is 77.8 cm³/mol. The molecule has 5 heteroatoms. The fourth-order valence-electron chi connectivity index (χ4n) is 3.83. The van der Waals surface area contributed by atoms with Gasteiger partial charge in [-0.2, -0.15) is 0 Å². The summed E-state index contributed by atoms with van der Waals surface area (Å²) < 4.78 is 10.9. The topological polar surface area (TPSA) is 76.0 Å². The molecule has 2 bridgehead atoms. The van der Waals surface area contributed by atoms with Gasteiger partial charge in [-0.1, -0.05) is 6.08 Å². The number of hydrogen-bond acceptors (Lipinski definition) is 5. The molecular weight excluding hydrogens is 284 g/mol. The minimum atomic E-state index is -1.00. The van der Waals surface area contributed by atoms with Gasteiger partial charge in [0.2, 0.25) is 0 Å². The van der Waals surface area contributed by atoms with E-state index in [1.165, 1.54) is 19.3 Å². The molecule has 1 aliphatic heterocycles. The first-order valence-electron chi connectivity index (χ1n) is 7.17. The lowest BCUT2D eigenvalue weighted by Crippen LogP contribution is -2.54. The quantitative estimate of drug-likeness (QED) is 0.819. The van der Waals surface area contributed by atoms with Crippen LogP contribution in [0.1, 0.15) is 17.5 Å². The Balaban J connectivity index is 1.99. The zero-order chi connectivity index (χ0) is 15.5. The molecule has 1 spiro atoms. The first-order valence-corrected chi connectivity index (χ1v) is 7.17. The highest BCUT2D eigenvalue weighted by molar-refractivity contribution is 6.01. The lowest BCUT2D eigenvalue weighted by molar-refractivity contribution is -0.113. The zero-order valence-electron chi connectivity index (χ0n) is 12.1. The number of rotatable bonds is 1. The molecule has 4 rings (SSSR count). The highest BCUT2D eigenvalue weighted by atomic mass is 16.5. The Morgan fingerprint density at radius 3 is 2.95 bits per heavy atom. The molecule has 5 nitrogen and oxygen atoms in total. The molecule has 2 atom stereocenters. The molecule has 1 fully saturated rings. The van der Waals surface area contributed by atoms with Gasteiger partial charge in [0.05, 0.1) is 12.5 Å². The van der Waals surface area contributed by atoms with E-state index in [1.807, 2.05) is 0 Å².